The van der Waals surface area contributed by atoms with Gasteiger partial charge in [0.1, 0.15) is 0 Å². The summed E-state index contributed by atoms with van der Waals surface area (Å²) in [7, 11) is 0. The Labute approximate surface area is 356 Å². The summed E-state index contributed by atoms with van der Waals surface area (Å²) >= 11 is 0. The molecule has 0 unspecified atom stereocenters. The van der Waals surface area contributed by atoms with Gasteiger partial charge in [-0.25, -0.2) is 0 Å². The fourth-order valence-electron chi connectivity index (χ4n) is 10.3. The summed E-state index contributed by atoms with van der Waals surface area (Å²) in [6, 6.07) is 84.7. The lowest BCUT2D eigenvalue weighted by molar-refractivity contribution is 0.766. The average Bonchev–Trinajstić information content (AvgIpc) is 3.52. The molecule has 0 aliphatic heterocycles. The molecule has 0 amide bonds. The highest BCUT2D eigenvalue weighted by molar-refractivity contribution is 6.02. The maximum Gasteiger partial charge on any atom is 0.0725 e. The van der Waals surface area contributed by atoms with Crippen molar-refractivity contribution in [2.75, 3.05) is 9.80 Å². The number of rotatable bonds is 6. The monoisotopic (exact) mass is 776 g/mol. The van der Waals surface area contributed by atoms with E-state index < -0.39 is 5.41 Å². The molecule has 2 aliphatic carbocycles. The van der Waals surface area contributed by atoms with E-state index in [0.717, 1.165) is 34.1 Å². The lowest BCUT2D eigenvalue weighted by Crippen LogP contribution is -2.30. The van der Waals surface area contributed by atoms with Crippen LogP contribution in [0.3, 0.4) is 0 Å². The summed E-state index contributed by atoms with van der Waals surface area (Å²) in [4.78, 5) is 4.86. The minimum absolute atomic E-state index is 0.563. The van der Waals surface area contributed by atoms with Gasteiger partial charge in [-0.15, -0.1) is 0 Å². The standard InChI is InChI=1S/C59H40N2/c1-3-23-45(24-4-1)60(57-31-15-21-41-17-7-11-27-49(41)57)47-35-37-55-51(39-47)52-40-48(61(46-25-5-2-6-26-46)58-32-16-22-42-18-8-12-28-50(42)58)36-38-56(52)59(55)53-29-13-9-19-43(53)33-34-44-20-10-14-30-54(44)59/h1-40H. The van der Waals surface area contributed by atoms with E-state index in [2.05, 4.69) is 252 Å². The zero-order chi connectivity index (χ0) is 40.3. The van der Waals surface area contributed by atoms with Gasteiger partial charge in [0, 0.05) is 33.5 Å². The number of nitrogens with zero attached hydrogens (tertiary/aromatic N) is 2. The van der Waals surface area contributed by atoms with E-state index >= 15 is 0 Å². The Balaban J connectivity index is 1.17. The highest BCUT2D eigenvalue weighted by Gasteiger charge is 2.49. The predicted molar refractivity (Wildman–Crippen MR) is 257 cm³/mol. The molecule has 0 aromatic heterocycles. The summed E-state index contributed by atoms with van der Waals surface area (Å²) in [6.45, 7) is 0. The van der Waals surface area contributed by atoms with E-state index in [1.807, 2.05) is 0 Å². The second-order valence-electron chi connectivity index (χ2n) is 16.1. The zero-order valence-electron chi connectivity index (χ0n) is 33.5. The van der Waals surface area contributed by atoms with Crippen molar-refractivity contribution in [2.24, 2.45) is 0 Å². The summed E-state index contributed by atoms with van der Waals surface area (Å²) in [5.41, 5.74) is 16.2. The van der Waals surface area contributed by atoms with Gasteiger partial charge in [0.2, 0.25) is 0 Å². The third kappa shape index (κ3) is 5.43. The van der Waals surface area contributed by atoms with Gasteiger partial charge in [-0.1, -0.05) is 182 Å². The van der Waals surface area contributed by atoms with Crippen LogP contribution in [0.15, 0.2) is 231 Å². The first-order valence-corrected chi connectivity index (χ1v) is 21.1. The molecule has 0 saturated heterocycles. The molecule has 0 N–H and O–H groups in total. The van der Waals surface area contributed by atoms with Gasteiger partial charge in [0.15, 0.2) is 0 Å². The number of para-hydroxylation sites is 2. The van der Waals surface area contributed by atoms with Crippen molar-refractivity contribution in [3.05, 3.63) is 264 Å². The number of hydrogen-bond acceptors (Lipinski definition) is 2. The Bertz CT molecular complexity index is 3090. The molecule has 2 aliphatic rings. The number of benzene rings is 10. The van der Waals surface area contributed by atoms with E-state index in [1.54, 1.807) is 0 Å². The maximum absolute atomic E-state index is 2.45. The second kappa shape index (κ2) is 14.1. The third-order valence-corrected chi connectivity index (χ3v) is 12.8. The van der Waals surface area contributed by atoms with Crippen LogP contribution >= 0.6 is 0 Å². The molecule has 0 saturated carbocycles. The molecule has 2 heteroatoms. The van der Waals surface area contributed by atoms with Gasteiger partial charge in [0.25, 0.3) is 0 Å². The molecule has 286 valence electrons. The first-order valence-electron chi connectivity index (χ1n) is 21.1. The van der Waals surface area contributed by atoms with Crippen LogP contribution in [0.4, 0.5) is 34.1 Å². The summed E-state index contributed by atoms with van der Waals surface area (Å²) < 4.78 is 0. The van der Waals surface area contributed by atoms with E-state index in [0.29, 0.717) is 0 Å². The largest absolute Gasteiger partial charge is 0.310 e. The molecule has 0 fully saturated rings. The molecule has 1 spiro atoms. The maximum atomic E-state index is 2.45. The lowest BCUT2D eigenvalue weighted by Gasteiger charge is -2.36. The van der Waals surface area contributed by atoms with Crippen molar-refractivity contribution < 1.29 is 0 Å². The molecule has 0 radical (unpaired) electrons. The van der Waals surface area contributed by atoms with Crippen LogP contribution in [-0.4, -0.2) is 0 Å². The van der Waals surface area contributed by atoms with Crippen molar-refractivity contribution in [3.8, 4) is 11.1 Å². The SMILES string of the molecule is C1=Cc2ccccc2C2(c3ccccc31)c1ccc(N(c3ccccc3)c3cccc4ccccc34)cc1-c1cc(N(c3ccccc3)c3cccc4ccccc34)ccc12. The summed E-state index contributed by atoms with van der Waals surface area (Å²) in [5, 5.41) is 4.84. The normalized spacial score (nSPS) is 13.0. The Morgan fingerprint density at radius 2 is 0.672 bits per heavy atom. The van der Waals surface area contributed by atoms with Crippen LogP contribution in [0.5, 0.6) is 0 Å². The molecule has 61 heavy (non-hydrogen) atoms. The summed E-state index contributed by atoms with van der Waals surface area (Å²) in [5.74, 6) is 0. The topological polar surface area (TPSA) is 6.48 Å². The predicted octanol–water partition coefficient (Wildman–Crippen LogP) is 15.8. The third-order valence-electron chi connectivity index (χ3n) is 12.8. The van der Waals surface area contributed by atoms with Crippen molar-refractivity contribution in [1.29, 1.82) is 0 Å². The molecule has 10 aromatic rings. The number of fused-ring (bicyclic) bond motifs is 11. The van der Waals surface area contributed by atoms with Gasteiger partial charge in [0.05, 0.1) is 16.8 Å². The molecule has 2 nitrogen and oxygen atoms in total. The van der Waals surface area contributed by atoms with Crippen LogP contribution in [0, 0.1) is 0 Å². The van der Waals surface area contributed by atoms with Crippen molar-refractivity contribution >= 4 is 67.8 Å². The van der Waals surface area contributed by atoms with Gasteiger partial charge >= 0.3 is 0 Å². The first kappa shape index (κ1) is 35.0. The summed E-state index contributed by atoms with van der Waals surface area (Å²) in [6.07, 6.45) is 4.61. The Morgan fingerprint density at radius 1 is 0.279 bits per heavy atom. The Morgan fingerprint density at radius 3 is 1.15 bits per heavy atom. The minimum Gasteiger partial charge on any atom is -0.310 e. The fourth-order valence-corrected chi connectivity index (χ4v) is 10.3. The van der Waals surface area contributed by atoms with Crippen molar-refractivity contribution in [2.45, 2.75) is 5.41 Å². The molecule has 0 atom stereocenters. The molecular formula is C59H40N2. The van der Waals surface area contributed by atoms with Crippen LogP contribution in [0.2, 0.25) is 0 Å². The molecular weight excluding hydrogens is 737 g/mol. The van der Waals surface area contributed by atoms with Gasteiger partial charge in [-0.05, 0) is 116 Å². The molecule has 0 bridgehead atoms. The van der Waals surface area contributed by atoms with Crippen LogP contribution in [-0.2, 0) is 5.41 Å². The number of hydrogen-bond donors (Lipinski definition) is 0. The average molecular weight is 777 g/mol. The van der Waals surface area contributed by atoms with Gasteiger partial charge in [-0.3, -0.25) is 0 Å². The van der Waals surface area contributed by atoms with Gasteiger partial charge < -0.3 is 9.80 Å². The van der Waals surface area contributed by atoms with Crippen molar-refractivity contribution in [3.63, 3.8) is 0 Å². The van der Waals surface area contributed by atoms with E-state index in [-0.39, 0.29) is 0 Å². The second-order valence-corrected chi connectivity index (χ2v) is 16.1. The first-order chi connectivity index (χ1) is 30.3. The van der Waals surface area contributed by atoms with Crippen molar-refractivity contribution in [1.82, 2.24) is 0 Å². The Hall–Kier alpha value is -7.94. The lowest BCUT2D eigenvalue weighted by atomic mass is 9.66. The smallest absolute Gasteiger partial charge is 0.0725 e. The number of anilines is 6. The minimum atomic E-state index is -0.563. The van der Waals surface area contributed by atoms with E-state index in [1.165, 1.54) is 66.1 Å². The highest BCUT2D eigenvalue weighted by Crippen LogP contribution is 2.60. The van der Waals surface area contributed by atoms with E-state index in [4.69, 9.17) is 0 Å². The van der Waals surface area contributed by atoms with Crippen LogP contribution < -0.4 is 9.80 Å². The van der Waals surface area contributed by atoms with E-state index in [9.17, 15) is 0 Å². The van der Waals surface area contributed by atoms with Crippen LogP contribution in [0.1, 0.15) is 33.4 Å². The molecule has 0 heterocycles. The fraction of sp³-hybridized carbons (Fsp3) is 0.0169. The quantitative estimate of drug-likeness (QED) is 0.166. The highest BCUT2D eigenvalue weighted by atomic mass is 15.1. The molecule has 10 aromatic carbocycles. The van der Waals surface area contributed by atoms with Gasteiger partial charge in [-0.2, -0.15) is 0 Å². The zero-order valence-corrected chi connectivity index (χ0v) is 33.5. The molecule has 12 rings (SSSR count). The van der Waals surface area contributed by atoms with Crippen LogP contribution in [0.25, 0.3) is 44.8 Å². The Kier molecular flexibility index (Phi) is 8.11.